The zero-order valence-corrected chi connectivity index (χ0v) is 18.9. The molecule has 9 heteroatoms. The van der Waals surface area contributed by atoms with Crippen LogP contribution < -0.4 is 14.8 Å². The molecule has 1 amide bonds. The predicted molar refractivity (Wildman–Crippen MR) is 123 cm³/mol. The highest BCUT2D eigenvalue weighted by Crippen LogP contribution is 2.34. The third-order valence-electron chi connectivity index (χ3n) is 5.26. The van der Waals surface area contributed by atoms with E-state index in [9.17, 15) is 19.2 Å². The molecule has 3 aromatic carbocycles. The maximum absolute atomic E-state index is 13.0. The fourth-order valence-electron chi connectivity index (χ4n) is 3.61. The van der Waals surface area contributed by atoms with Gasteiger partial charge in [-0.05, 0) is 24.3 Å². The number of fused-ring (bicyclic) bond motifs is 2. The van der Waals surface area contributed by atoms with Crippen molar-refractivity contribution in [1.29, 1.82) is 0 Å². The van der Waals surface area contributed by atoms with E-state index in [1.165, 1.54) is 32.4 Å². The highest BCUT2D eigenvalue weighted by atomic mass is 35.5. The molecule has 0 unspecified atom stereocenters. The van der Waals surface area contributed by atoms with Crippen LogP contribution in [0, 0.1) is 0 Å². The van der Waals surface area contributed by atoms with Gasteiger partial charge in [0, 0.05) is 22.8 Å². The summed E-state index contributed by atoms with van der Waals surface area (Å²) in [5.41, 5.74) is 0.721. The van der Waals surface area contributed by atoms with E-state index >= 15 is 0 Å². The van der Waals surface area contributed by atoms with Crippen LogP contribution in [0.25, 0.3) is 0 Å². The summed E-state index contributed by atoms with van der Waals surface area (Å²) in [7, 11) is 2.93. The van der Waals surface area contributed by atoms with Crippen molar-refractivity contribution in [3.63, 3.8) is 0 Å². The molecule has 0 radical (unpaired) electrons. The van der Waals surface area contributed by atoms with Crippen LogP contribution in [0.4, 0.5) is 5.69 Å². The molecule has 1 aliphatic rings. The Labute approximate surface area is 199 Å². The lowest BCUT2D eigenvalue weighted by Gasteiger charge is -2.19. The number of hydrogen-bond acceptors (Lipinski definition) is 7. The van der Waals surface area contributed by atoms with E-state index in [4.69, 9.17) is 25.8 Å². The van der Waals surface area contributed by atoms with Gasteiger partial charge in [0.15, 0.2) is 18.2 Å². The van der Waals surface area contributed by atoms with Crippen LogP contribution >= 0.6 is 11.6 Å². The highest BCUT2D eigenvalue weighted by molar-refractivity contribution is 6.41. The van der Waals surface area contributed by atoms with E-state index in [-0.39, 0.29) is 38.6 Å². The average molecular weight is 480 g/mol. The average Bonchev–Trinajstić information content (AvgIpc) is 2.85. The Hall–Kier alpha value is -4.17. The van der Waals surface area contributed by atoms with Gasteiger partial charge in [-0.1, -0.05) is 35.9 Å². The molecule has 0 aliphatic heterocycles. The van der Waals surface area contributed by atoms with Crippen molar-refractivity contribution < 1.29 is 33.4 Å². The number of carbonyl (C=O) groups is 4. The maximum atomic E-state index is 13.0. The number of ether oxygens (including phenoxy) is 3. The number of esters is 1. The summed E-state index contributed by atoms with van der Waals surface area (Å²) >= 11 is 6.36. The molecule has 0 atom stereocenters. The lowest BCUT2D eigenvalue weighted by Crippen LogP contribution is -2.24. The standard InChI is InChI=1S/C25H18ClNO7/c1-32-13-7-10-19(33-2)18(11-13)27-20(28)12-34-25(31)17-9-8-16-21(22(17)26)24(30)15-6-4-3-5-14(15)23(16)29/h3-11H,12H2,1-2H3,(H,27,28). The molecule has 8 nitrogen and oxygen atoms in total. The van der Waals surface area contributed by atoms with Crippen LogP contribution in [0.2, 0.25) is 5.02 Å². The molecule has 0 saturated heterocycles. The number of rotatable bonds is 6. The first-order valence-corrected chi connectivity index (χ1v) is 10.4. The molecule has 1 N–H and O–H groups in total. The first kappa shape index (κ1) is 23.0. The minimum Gasteiger partial charge on any atom is -0.497 e. The number of ketones is 2. The first-order valence-electron chi connectivity index (χ1n) is 10.1. The van der Waals surface area contributed by atoms with Gasteiger partial charge in [0.1, 0.15) is 11.5 Å². The van der Waals surface area contributed by atoms with Crippen molar-refractivity contribution in [1.82, 2.24) is 0 Å². The van der Waals surface area contributed by atoms with Gasteiger partial charge in [-0.2, -0.15) is 0 Å². The molecule has 0 fully saturated rings. The summed E-state index contributed by atoms with van der Waals surface area (Å²) in [5, 5.41) is 2.37. The van der Waals surface area contributed by atoms with Crippen molar-refractivity contribution in [2.75, 3.05) is 26.1 Å². The number of benzene rings is 3. The number of amides is 1. The van der Waals surface area contributed by atoms with E-state index in [1.54, 1.807) is 36.4 Å². The number of hydrogen-bond donors (Lipinski definition) is 1. The highest BCUT2D eigenvalue weighted by Gasteiger charge is 2.33. The van der Waals surface area contributed by atoms with Crippen LogP contribution in [-0.2, 0) is 9.53 Å². The van der Waals surface area contributed by atoms with Gasteiger partial charge in [-0.25, -0.2) is 4.79 Å². The first-order chi connectivity index (χ1) is 16.3. The van der Waals surface area contributed by atoms with Gasteiger partial charge in [-0.3, -0.25) is 14.4 Å². The van der Waals surface area contributed by atoms with Crippen LogP contribution in [-0.4, -0.2) is 44.3 Å². The molecular weight excluding hydrogens is 462 g/mol. The Bertz CT molecular complexity index is 1350. The van der Waals surface area contributed by atoms with Crippen molar-refractivity contribution >= 4 is 40.7 Å². The molecule has 0 heterocycles. The van der Waals surface area contributed by atoms with Crippen LogP contribution in [0.3, 0.4) is 0 Å². The summed E-state index contributed by atoms with van der Waals surface area (Å²) < 4.78 is 15.4. The monoisotopic (exact) mass is 479 g/mol. The van der Waals surface area contributed by atoms with E-state index in [0.29, 0.717) is 17.2 Å². The van der Waals surface area contributed by atoms with Gasteiger partial charge >= 0.3 is 5.97 Å². The van der Waals surface area contributed by atoms with Crippen molar-refractivity contribution in [2.45, 2.75) is 0 Å². The third-order valence-corrected chi connectivity index (χ3v) is 5.66. The summed E-state index contributed by atoms with van der Waals surface area (Å²) in [5.74, 6) is -1.49. The second kappa shape index (κ2) is 9.36. The molecule has 0 bridgehead atoms. The molecule has 3 aromatic rings. The van der Waals surface area contributed by atoms with Crippen LogP contribution in [0.15, 0.2) is 54.6 Å². The Balaban J connectivity index is 1.51. The quantitative estimate of drug-likeness (QED) is 0.417. The summed E-state index contributed by atoms with van der Waals surface area (Å²) in [6.45, 7) is -0.623. The molecule has 34 heavy (non-hydrogen) atoms. The fourth-order valence-corrected chi connectivity index (χ4v) is 3.94. The number of anilines is 1. The zero-order valence-electron chi connectivity index (χ0n) is 18.1. The van der Waals surface area contributed by atoms with Crippen molar-refractivity contribution in [3.05, 3.63) is 87.4 Å². The minimum atomic E-state index is -0.917. The number of carbonyl (C=O) groups excluding carboxylic acids is 4. The van der Waals surface area contributed by atoms with Crippen molar-refractivity contribution in [3.8, 4) is 11.5 Å². The SMILES string of the molecule is COc1ccc(OC)c(NC(=O)COC(=O)c2ccc3c(c2Cl)C(=O)c2ccccc2C3=O)c1. The Morgan fingerprint density at radius 3 is 2.26 bits per heavy atom. The third kappa shape index (κ3) is 4.11. The van der Waals surface area contributed by atoms with Crippen LogP contribution in [0.1, 0.15) is 42.2 Å². The molecule has 0 aromatic heterocycles. The topological polar surface area (TPSA) is 108 Å². The molecular formula is C25H18ClNO7. The number of nitrogens with one attached hydrogen (secondary N) is 1. The van der Waals surface area contributed by atoms with Gasteiger partial charge < -0.3 is 19.5 Å². The second-order valence-corrected chi connectivity index (χ2v) is 7.62. The Kier molecular flexibility index (Phi) is 6.34. The lowest BCUT2D eigenvalue weighted by atomic mass is 9.83. The molecule has 1 aliphatic carbocycles. The van der Waals surface area contributed by atoms with E-state index in [0.717, 1.165) is 0 Å². The molecule has 0 spiro atoms. The van der Waals surface area contributed by atoms with Gasteiger partial charge in [0.25, 0.3) is 5.91 Å². The van der Waals surface area contributed by atoms with E-state index < -0.39 is 24.3 Å². The Morgan fingerprint density at radius 2 is 1.59 bits per heavy atom. The summed E-state index contributed by atoms with van der Waals surface area (Å²) in [6.07, 6.45) is 0. The van der Waals surface area contributed by atoms with E-state index in [1.807, 2.05) is 0 Å². The number of halogens is 1. The van der Waals surface area contributed by atoms with Crippen LogP contribution in [0.5, 0.6) is 11.5 Å². The summed E-state index contributed by atoms with van der Waals surface area (Å²) in [6, 6.07) is 13.9. The lowest BCUT2D eigenvalue weighted by molar-refractivity contribution is -0.119. The maximum Gasteiger partial charge on any atom is 0.340 e. The van der Waals surface area contributed by atoms with Crippen molar-refractivity contribution in [2.24, 2.45) is 0 Å². The van der Waals surface area contributed by atoms with Gasteiger partial charge in [0.2, 0.25) is 0 Å². The fraction of sp³-hybridized carbons (Fsp3) is 0.120. The molecule has 4 rings (SSSR count). The van der Waals surface area contributed by atoms with E-state index in [2.05, 4.69) is 5.32 Å². The predicted octanol–water partition coefficient (Wildman–Crippen LogP) is 3.93. The number of methoxy groups -OCH3 is 2. The summed E-state index contributed by atoms with van der Waals surface area (Å²) in [4.78, 5) is 50.7. The van der Waals surface area contributed by atoms with Gasteiger partial charge in [-0.15, -0.1) is 0 Å². The largest absolute Gasteiger partial charge is 0.497 e. The second-order valence-electron chi connectivity index (χ2n) is 7.24. The minimum absolute atomic E-state index is 0.0645. The molecule has 0 saturated carbocycles. The zero-order chi connectivity index (χ0) is 24.4. The van der Waals surface area contributed by atoms with Gasteiger partial charge in [0.05, 0.1) is 36.1 Å². The molecule has 172 valence electrons. The normalized spacial score (nSPS) is 11.9. The Morgan fingerprint density at radius 1 is 0.882 bits per heavy atom. The smallest absolute Gasteiger partial charge is 0.340 e.